The van der Waals surface area contributed by atoms with Gasteiger partial charge in [-0.2, -0.15) is 18.7 Å². The van der Waals surface area contributed by atoms with E-state index in [0.717, 1.165) is 10.9 Å². The van der Waals surface area contributed by atoms with Gasteiger partial charge >= 0.3 is 6.61 Å². The molecule has 5 nitrogen and oxygen atoms in total. The molecule has 120 valence electrons. The Balaban J connectivity index is 2.19. The second-order valence-corrected chi connectivity index (χ2v) is 5.65. The van der Waals surface area contributed by atoms with Gasteiger partial charge in [0.1, 0.15) is 4.47 Å². The van der Waals surface area contributed by atoms with Crippen LogP contribution in [-0.2, 0) is 0 Å². The standard InChI is InChI=1S/C14H9BrClF2N3O2/c1-22-11-10(15)12(23-13(17)18)20-14(19-11)21-5-4-7-2-3-8(16)6-9(7)21/h2-6,13H,1H3. The number of nitrogens with zero attached hydrogens (tertiary/aromatic N) is 3. The Morgan fingerprint density at radius 2 is 1.96 bits per heavy atom. The minimum atomic E-state index is -3.02. The van der Waals surface area contributed by atoms with Gasteiger partial charge < -0.3 is 9.47 Å². The topological polar surface area (TPSA) is 49.2 Å². The normalized spacial score (nSPS) is 11.2. The Morgan fingerprint density at radius 3 is 2.65 bits per heavy atom. The summed E-state index contributed by atoms with van der Waals surface area (Å²) in [6.45, 7) is -3.02. The smallest absolute Gasteiger partial charge is 0.388 e. The van der Waals surface area contributed by atoms with Gasteiger partial charge in [-0.25, -0.2) is 0 Å². The van der Waals surface area contributed by atoms with E-state index < -0.39 is 6.61 Å². The molecule has 0 saturated heterocycles. The third-order valence-corrected chi connectivity index (χ3v) is 3.96. The molecule has 0 aliphatic rings. The monoisotopic (exact) mass is 403 g/mol. The summed E-state index contributed by atoms with van der Waals surface area (Å²) in [4.78, 5) is 8.22. The molecule has 0 N–H and O–H groups in total. The van der Waals surface area contributed by atoms with Crippen LogP contribution in [0.4, 0.5) is 8.78 Å². The van der Waals surface area contributed by atoms with Gasteiger partial charge in [-0.05, 0) is 34.1 Å². The summed E-state index contributed by atoms with van der Waals surface area (Å²) >= 11 is 9.10. The average Bonchev–Trinajstić information content (AvgIpc) is 2.92. The molecule has 0 fully saturated rings. The summed E-state index contributed by atoms with van der Waals surface area (Å²) in [6, 6.07) is 7.14. The Hall–Kier alpha value is -1.93. The van der Waals surface area contributed by atoms with Crippen molar-refractivity contribution in [2.24, 2.45) is 0 Å². The average molecular weight is 405 g/mol. The molecular formula is C14H9BrClF2N3O2. The molecule has 0 bridgehead atoms. The van der Waals surface area contributed by atoms with E-state index in [1.807, 2.05) is 12.1 Å². The molecule has 1 aromatic carbocycles. The minimum absolute atomic E-state index is 0.0783. The van der Waals surface area contributed by atoms with Crippen molar-refractivity contribution in [1.82, 2.24) is 14.5 Å². The van der Waals surface area contributed by atoms with E-state index in [1.165, 1.54) is 7.11 Å². The number of ether oxygens (including phenoxy) is 2. The third-order valence-electron chi connectivity index (χ3n) is 3.04. The molecule has 0 spiro atoms. The molecule has 0 atom stereocenters. The molecule has 23 heavy (non-hydrogen) atoms. The number of rotatable bonds is 4. The highest BCUT2D eigenvalue weighted by Crippen LogP contribution is 2.33. The number of halogens is 4. The first-order chi connectivity index (χ1) is 11.0. The van der Waals surface area contributed by atoms with E-state index in [0.29, 0.717) is 5.02 Å². The van der Waals surface area contributed by atoms with Crippen LogP contribution in [0.15, 0.2) is 34.9 Å². The second kappa shape index (κ2) is 6.29. The molecule has 2 heterocycles. The number of benzene rings is 1. The van der Waals surface area contributed by atoms with E-state index in [4.69, 9.17) is 16.3 Å². The molecule has 0 radical (unpaired) electrons. The maximum atomic E-state index is 12.5. The predicted molar refractivity (Wildman–Crippen MR) is 84.8 cm³/mol. The van der Waals surface area contributed by atoms with E-state index in [-0.39, 0.29) is 22.2 Å². The van der Waals surface area contributed by atoms with Crippen LogP contribution >= 0.6 is 27.5 Å². The van der Waals surface area contributed by atoms with Crippen LogP contribution in [0, 0.1) is 0 Å². The summed E-state index contributed by atoms with van der Waals surface area (Å²) in [7, 11) is 1.37. The molecule has 0 aliphatic heterocycles. The second-order valence-electron chi connectivity index (χ2n) is 4.42. The Labute approximate surface area is 142 Å². The number of alkyl halides is 2. The highest BCUT2D eigenvalue weighted by molar-refractivity contribution is 9.10. The van der Waals surface area contributed by atoms with E-state index >= 15 is 0 Å². The molecule has 9 heteroatoms. The molecule has 0 aliphatic carbocycles. The quantitative estimate of drug-likeness (QED) is 0.645. The lowest BCUT2D eigenvalue weighted by molar-refractivity contribution is -0.0536. The van der Waals surface area contributed by atoms with Crippen molar-refractivity contribution in [3.05, 3.63) is 40.0 Å². The van der Waals surface area contributed by atoms with E-state index in [2.05, 4.69) is 30.6 Å². The summed E-state index contributed by atoms with van der Waals surface area (Å²) < 4.78 is 36.3. The van der Waals surface area contributed by atoms with Gasteiger partial charge in [-0.3, -0.25) is 4.57 Å². The van der Waals surface area contributed by atoms with Gasteiger partial charge in [0, 0.05) is 16.6 Å². The van der Waals surface area contributed by atoms with Crippen LogP contribution < -0.4 is 9.47 Å². The summed E-state index contributed by atoms with van der Waals surface area (Å²) in [6.07, 6.45) is 1.70. The van der Waals surface area contributed by atoms with Gasteiger partial charge in [-0.1, -0.05) is 17.7 Å². The SMILES string of the molecule is COc1nc(-n2ccc3ccc(Cl)cc32)nc(OC(F)F)c1Br. The molecule has 0 amide bonds. The van der Waals surface area contributed by atoms with Crippen LogP contribution in [-0.4, -0.2) is 28.3 Å². The summed E-state index contributed by atoms with van der Waals surface area (Å²) in [5, 5.41) is 1.43. The third kappa shape index (κ3) is 3.09. The number of hydrogen-bond donors (Lipinski definition) is 0. The van der Waals surface area contributed by atoms with Crippen LogP contribution in [0.5, 0.6) is 11.8 Å². The molecule has 2 aromatic heterocycles. The number of methoxy groups -OCH3 is 1. The molecule has 0 saturated carbocycles. The van der Waals surface area contributed by atoms with Crippen molar-refractivity contribution in [3.8, 4) is 17.7 Å². The fourth-order valence-electron chi connectivity index (χ4n) is 2.08. The summed E-state index contributed by atoms with van der Waals surface area (Å²) in [5.41, 5.74) is 0.727. The first-order valence-corrected chi connectivity index (χ1v) is 7.50. The fourth-order valence-corrected chi connectivity index (χ4v) is 2.68. The zero-order valence-electron chi connectivity index (χ0n) is 11.6. The lowest BCUT2D eigenvalue weighted by atomic mass is 10.2. The Kier molecular flexibility index (Phi) is 4.36. The lowest BCUT2D eigenvalue weighted by Gasteiger charge is -2.12. The van der Waals surface area contributed by atoms with Gasteiger partial charge in [0.25, 0.3) is 0 Å². The number of fused-ring (bicyclic) bond motifs is 1. The van der Waals surface area contributed by atoms with Crippen molar-refractivity contribution in [3.63, 3.8) is 0 Å². The lowest BCUT2D eigenvalue weighted by Crippen LogP contribution is -2.09. The zero-order valence-corrected chi connectivity index (χ0v) is 14.0. The maximum Gasteiger partial charge on any atom is 0.388 e. The Morgan fingerprint density at radius 1 is 1.22 bits per heavy atom. The van der Waals surface area contributed by atoms with E-state index in [9.17, 15) is 8.78 Å². The first-order valence-electron chi connectivity index (χ1n) is 6.33. The largest absolute Gasteiger partial charge is 0.480 e. The van der Waals surface area contributed by atoms with E-state index in [1.54, 1.807) is 22.9 Å². The molecular weight excluding hydrogens is 396 g/mol. The van der Waals surface area contributed by atoms with Crippen molar-refractivity contribution in [2.45, 2.75) is 6.61 Å². The summed E-state index contributed by atoms with van der Waals surface area (Å²) in [5.74, 6) is -0.113. The molecule has 3 aromatic rings. The van der Waals surface area contributed by atoms with Crippen LogP contribution in [0.1, 0.15) is 0 Å². The highest BCUT2D eigenvalue weighted by atomic mass is 79.9. The van der Waals surface area contributed by atoms with Crippen molar-refractivity contribution >= 4 is 38.4 Å². The first kappa shape index (κ1) is 15.9. The number of hydrogen-bond acceptors (Lipinski definition) is 4. The molecule has 0 unspecified atom stereocenters. The number of aromatic nitrogens is 3. The van der Waals surface area contributed by atoms with Gasteiger partial charge in [0.05, 0.1) is 12.6 Å². The van der Waals surface area contributed by atoms with Crippen molar-refractivity contribution < 1.29 is 18.3 Å². The highest BCUT2D eigenvalue weighted by Gasteiger charge is 2.19. The van der Waals surface area contributed by atoms with Crippen LogP contribution in [0.2, 0.25) is 5.02 Å². The van der Waals surface area contributed by atoms with Gasteiger partial charge in [0.15, 0.2) is 0 Å². The Bertz CT molecular complexity index is 873. The van der Waals surface area contributed by atoms with Crippen molar-refractivity contribution in [1.29, 1.82) is 0 Å². The van der Waals surface area contributed by atoms with Gasteiger partial charge in [0.2, 0.25) is 17.7 Å². The van der Waals surface area contributed by atoms with Crippen LogP contribution in [0.3, 0.4) is 0 Å². The molecule has 3 rings (SSSR count). The maximum absolute atomic E-state index is 12.5. The van der Waals surface area contributed by atoms with Crippen molar-refractivity contribution in [2.75, 3.05) is 7.11 Å². The van der Waals surface area contributed by atoms with Gasteiger partial charge in [-0.15, -0.1) is 0 Å². The predicted octanol–water partition coefficient (Wildman–Crippen LogP) is 4.45. The minimum Gasteiger partial charge on any atom is -0.480 e. The zero-order chi connectivity index (χ0) is 16.6. The van der Waals surface area contributed by atoms with Crippen LogP contribution in [0.25, 0.3) is 16.9 Å². The fraction of sp³-hybridized carbons (Fsp3) is 0.143.